The van der Waals surface area contributed by atoms with E-state index < -0.39 is 6.10 Å². The summed E-state index contributed by atoms with van der Waals surface area (Å²) in [6, 6.07) is 0. The molecule has 0 bridgehead atoms. The van der Waals surface area contributed by atoms with E-state index in [9.17, 15) is 0 Å². The lowest BCUT2D eigenvalue weighted by Crippen LogP contribution is -2.20. The van der Waals surface area contributed by atoms with Crippen LogP contribution in [-0.2, 0) is 0 Å². The summed E-state index contributed by atoms with van der Waals surface area (Å²) in [6.07, 6.45) is 3.63. The first kappa shape index (κ1) is 6.45. The molecule has 1 atom stereocenters. The Labute approximate surface area is 58.1 Å². The molecule has 0 heterocycles. The molecular weight excluding hydrogens is 136 g/mol. The van der Waals surface area contributed by atoms with Crippen LogP contribution in [0, 0.1) is 0 Å². The zero-order valence-corrected chi connectivity index (χ0v) is 5.43. The number of hydrogen-bond donors (Lipinski definition) is 2. The van der Waals surface area contributed by atoms with Crippen LogP contribution in [0.2, 0.25) is 0 Å². The third-order valence-corrected chi connectivity index (χ3v) is 1.44. The van der Waals surface area contributed by atoms with Gasteiger partial charge in [-0.3, -0.25) is 0 Å². The average Bonchev–Trinajstić information content (AvgIpc) is 1.83. The highest BCUT2D eigenvalue weighted by Gasteiger charge is 2.14. The number of rotatable bonds is 0. The fourth-order valence-electron chi connectivity index (χ4n) is 0.570. The van der Waals surface area contributed by atoms with Crippen LogP contribution in [0.15, 0.2) is 24.0 Å². The summed E-state index contributed by atoms with van der Waals surface area (Å²) in [5.41, 5.74) is 0. The van der Waals surface area contributed by atoms with Crippen LogP contribution >= 0.6 is 12.2 Å². The second-order valence-corrected chi connectivity index (χ2v) is 2.23. The van der Waals surface area contributed by atoms with Crippen LogP contribution in [0.5, 0.6) is 0 Å². The fraction of sp³-hybridized carbons (Fsp3) is 0.167. The third kappa shape index (κ3) is 1.17. The Morgan fingerprint density at radius 3 is 2.67 bits per heavy atom. The van der Waals surface area contributed by atoms with Gasteiger partial charge in [0, 0.05) is 0 Å². The molecule has 1 rings (SSSR count). The molecular formula is C6H6O2S. The summed E-state index contributed by atoms with van der Waals surface area (Å²) in [4.78, 5) is 0.356. The molecule has 9 heavy (non-hydrogen) atoms. The van der Waals surface area contributed by atoms with E-state index >= 15 is 0 Å². The molecule has 0 saturated heterocycles. The molecule has 1 unspecified atom stereocenters. The van der Waals surface area contributed by atoms with Gasteiger partial charge in [0.15, 0.2) is 0 Å². The summed E-state index contributed by atoms with van der Waals surface area (Å²) in [5, 5.41) is 17.8. The van der Waals surface area contributed by atoms with Crippen molar-refractivity contribution in [2.75, 3.05) is 0 Å². The topological polar surface area (TPSA) is 40.5 Å². The first-order valence-electron chi connectivity index (χ1n) is 2.51. The van der Waals surface area contributed by atoms with Crippen molar-refractivity contribution in [3.63, 3.8) is 0 Å². The highest BCUT2D eigenvalue weighted by atomic mass is 32.1. The van der Waals surface area contributed by atoms with E-state index in [4.69, 9.17) is 10.2 Å². The van der Waals surface area contributed by atoms with Crippen molar-refractivity contribution < 1.29 is 10.2 Å². The van der Waals surface area contributed by atoms with Gasteiger partial charge in [-0.05, 0) is 12.2 Å². The Balaban J connectivity index is 2.86. The molecule has 0 radical (unpaired) electrons. The van der Waals surface area contributed by atoms with Gasteiger partial charge in [0.25, 0.3) is 0 Å². The highest BCUT2D eigenvalue weighted by Crippen LogP contribution is 2.07. The summed E-state index contributed by atoms with van der Waals surface area (Å²) >= 11 is 4.67. The van der Waals surface area contributed by atoms with Gasteiger partial charge in [-0.15, -0.1) is 0 Å². The highest BCUT2D eigenvalue weighted by molar-refractivity contribution is 7.80. The predicted octanol–water partition coefficient (Wildman–Crippen LogP) is 0.729. The molecule has 0 aromatic heterocycles. The van der Waals surface area contributed by atoms with Gasteiger partial charge in [0.05, 0.1) is 4.86 Å². The van der Waals surface area contributed by atoms with Crippen LogP contribution in [0.3, 0.4) is 0 Å². The molecule has 0 saturated carbocycles. The Morgan fingerprint density at radius 2 is 2.22 bits per heavy atom. The predicted molar refractivity (Wildman–Crippen MR) is 38.5 cm³/mol. The lowest BCUT2D eigenvalue weighted by molar-refractivity contribution is 0.210. The standard InChI is InChI=1S/C6H6O2S/c7-4-2-1-3-5(9)6(4)8/h1-3,6-8H. The van der Waals surface area contributed by atoms with Gasteiger partial charge in [0.1, 0.15) is 11.9 Å². The van der Waals surface area contributed by atoms with Gasteiger partial charge in [-0.25, -0.2) is 0 Å². The molecule has 0 aliphatic heterocycles. The van der Waals surface area contributed by atoms with Crippen molar-refractivity contribution in [1.29, 1.82) is 0 Å². The Kier molecular flexibility index (Phi) is 1.64. The smallest absolute Gasteiger partial charge is 0.146 e. The third-order valence-electron chi connectivity index (χ3n) is 1.08. The van der Waals surface area contributed by atoms with E-state index in [1.54, 1.807) is 12.2 Å². The Hall–Kier alpha value is -0.670. The maximum Gasteiger partial charge on any atom is 0.146 e. The van der Waals surface area contributed by atoms with Crippen molar-refractivity contribution >= 4 is 17.1 Å². The quantitative estimate of drug-likeness (QED) is 0.490. The molecule has 0 aromatic carbocycles. The van der Waals surface area contributed by atoms with E-state index in [1.165, 1.54) is 6.08 Å². The van der Waals surface area contributed by atoms with E-state index in [2.05, 4.69) is 12.2 Å². The zero-order valence-electron chi connectivity index (χ0n) is 4.61. The van der Waals surface area contributed by atoms with Crippen molar-refractivity contribution in [2.45, 2.75) is 6.10 Å². The molecule has 1 aliphatic rings. The molecule has 0 amide bonds. The van der Waals surface area contributed by atoms with E-state index in [0.717, 1.165) is 0 Å². The molecule has 48 valence electrons. The minimum absolute atomic E-state index is 0.0810. The second-order valence-electron chi connectivity index (χ2n) is 1.76. The first-order chi connectivity index (χ1) is 4.22. The Morgan fingerprint density at radius 1 is 1.56 bits per heavy atom. The molecule has 1 aliphatic carbocycles. The van der Waals surface area contributed by atoms with Crippen LogP contribution in [0.1, 0.15) is 0 Å². The van der Waals surface area contributed by atoms with Crippen molar-refractivity contribution in [2.24, 2.45) is 0 Å². The SMILES string of the molecule is OC1=CC=CC(=S)C1O. The summed E-state index contributed by atoms with van der Waals surface area (Å²) in [5.74, 6) is -0.0810. The average molecular weight is 142 g/mol. The van der Waals surface area contributed by atoms with E-state index in [1.807, 2.05) is 0 Å². The summed E-state index contributed by atoms with van der Waals surface area (Å²) in [7, 11) is 0. The summed E-state index contributed by atoms with van der Waals surface area (Å²) < 4.78 is 0. The normalized spacial score (nSPS) is 26.1. The van der Waals surface area contributed by atoms with Gasteiger partial charge >= 0.3 is 0 Å². The summed E-state index contributed by atoms with van der Waals surface area (Å²) in [6.45, 7) is 0. The van der Waals surface area contributed by atoms with Gasteiger partial charge in [-0.2, -0.15) is 0 Å². The van der Waals surface area contributed by atoms with Crippen molar-refractivity contribution in [3.05, 3.63) is 24.0 Å². The van der Waals surface area contributed by atoms with Crippen LogP contribution in [0.4, 0.5) is 0 Å². The van der Waals surface area contributed by atoms with Crippen molar-refractivity contribution in [1.82, 2.24) is 0 Å². The van der Waals surface area contributed by atoms with Gasteiger partial charge in [-0.1, -0.05) is 18.3 Å². The van der Waals surface area contributed by atoms with E-state index in [0.29, 0.717) is 4.86 Å². The minimum Gasteiger partial charge on any atom is -0.509 e. The van der Waals surface area contributed by atoms with Crippen LogP contribution in [-0.4, -0.2) is 21.2 Å². The zero-order chi connectivity index (χ0) is 6.85. The molecule has 0 aromatic rings. The van der Waals surface area contributed by atoms with Crippen LogP contribution in [0.25, 0.3) is 0 Å². The maximum absolute atomic E-state index is 8.94. The van der Waals surface area contributed by atoms with Gasteiger partial charge < -0.3 is 10.2 Å². The largest absolute Gasteiger partial charge is 0.509 e. The molecule has 0 fully saturated rings. The van der Waals surface area contributed by atoms with Crippen molar-refractivity contribution in [3.8, 4) is 0 Å². The fourth-order valence-corrected chi connectivity index (χ4v) is 0.769. The molecule has 2 N–H and O–H groups in total. The molecule has 2 nitrogen and oxygen atoms in total. The van der Waals surface area contributed by atoms with Crippen LogP contribution < -0.4 is 0 Å². The minimum atomic E-state index is -0.968. The lowest BCUT2D eigenvalue weighted by Gasteiger charge is -2.10. The second kappa shape index (κ2) is 2.29. The molecule has 3 heteroatoms. The number of aliphatic hydroxyl groups is 2. The molecule has 0 spiro atoms. The Bertz CT molecular complexity index is 193. The number of thiocarbonyl (C=S) groups is 1. The van der Waals surface area contributed by atoms with Gasteiger partial charge in [0.2, 0.25) is 0 Å². The first-order valence-corrected chi connectivity index (χ1v) is 2.92. The number of hydrogen-bond acceptors (Lipinski definition) is 3. The number of aliphatic hydroxyl groups excluding tert-OH is 2. The number of allylic oxidation sites excluding steroid dienone is 2. The monoisotopic (exact) mass is 142 g/mol. The maximum atomic E-state index is 8.94. The van der Waals surface area contributed by atoms with E-state index in [-0.39, 0.29) is 5.76 Å². The lowest BCUT2D eigenvalue weighted by atomic mass is 10.1.